The van der Waals surface area contributed by atoms with Crippen LogP contribution in [0.15, 0.2) is 18.3 Å². The third-order valence-electron chi connectivity index (χ3n) is 2.58. The van der Waals surface area contributed by atoms with E-state index in [1.165, 1.54) is 0 Å². The van der Waals surface area contributed by atoms with E-state index in [-0.39, 0.29) is 18.4 Å². The number of hydrogen-bond donors (Lipinski definition) is 1. The van der Waals surface area contributed by atoms with Crippen LogP contribution >= 0.6 is 0 Å². The predicted octanol–water partition coefficient (Wildman–Crippen LogP) is 0.831. The molecule has 1 N–H and O–H groups in total. The fourth-order valence-corrected chi connectivity index (χ4v) is 1.62. The topological polar surface area (TPSA) is 71.5 Å². The summed E-state index contributed by atoms with van der Waals surface area (Å²) in [7, 11) is 1.55. The Morgan fingerprint density at radius 1 is 1.42 bits per heavy atom. The second-order valence-electron chi connectivity index (χ2n) is 3.80. The molecule has 1 rings (SSSR count). The fraction of sp³-hybridized carbons (Fsp3) is 0.462. The molecule has 0 aliphatic rings. The highest BCUT2D eigenvalue weighted by atomic mass is 16.5. The molecule has 1 heterocycles. The summed E-state index contributed by atoms with van der Waals surface area (Å²) in [4.78, 5) is 28.8. The second-order valence-corrected chi connectivity index (χ2v) is 3.80. The van der Waals surface area contributed by atoms with Gasteiger partial charge in [-0.1, -0.05) is 0 Å². The zero-order chi connectivity index (χ0) is 14.3. The second kappa shape index (κ2) is 7.35. The minimum Gasteiger partial charge on any atom is -0.465 e. The molecule has 6 nitrogen and oxygen atoms in total. The molecule has 1 aromatic heterocycles. The molecule has 0 aromatic carbocycles. The van der Waals surface area contributed by atoms with Crippen molar-refractivity contribution in [2.24, 2.45) is 0 Å². The number of likely N-dealkylation sites (N-methyl/N-ethyl adjacent to an activating group) is 1. The first kappa shape index (κ1) is 14.9. The number of carbonyl (C=O) groups excluding carboxylic acids is 2. The smallest absolute Gasteiger partial charge is 0.325 e. The van der Waals surface area contributed by atoms with E-state index in [2.05, 4.69) is 10.3 Å². The number of ether oxygens (including phenoxy) is 1. The molecule has 0 aliphatic heterocycles. The summed E-state index contributed by atoms with van der Waals surface area (Å²) in [6.45, 7) is 4.84. The number of amides is 1. The number of hydrogen-bond acceptors (Lipinski definition) is 5. The lowest BCUT2D eigenvalue weighted by atomic mass is 10.2. The lowest BCUT2D eigenvalue weighted by Gasteiger charge is -2.22. The minimum atomic E-state index is -0.289. The van der Waals surface area contributed by atoms with Gasteiger partial charge in [-0.3, -0.25) is 14.6 Å². The molecule has 1 amide bonds. The maximum Gasteiger partial charge on any atom is 0.325 e. The lowest BCUT2D eigenvalue weighted by molar-refractivity contribution is -0.141. The summed E-state index contributed by atoms with van der Waals surface area (Å²) in [5.74, 6) is -0.545. The van der Waals surface area contributed by atoms with Gasteiger partial charge in [0.25, 0.3) is 5.91 Å². The van der Waals surface area contributed by atoms with E-state index in [4.69, 9.17) is 4.74 Å². The molecule has 104 valence electrons. The third-order valence-corrected chi connectivity index (χ3v) is 2.58. The molecule has 6 heteroatoms. The largest absolute Gasteiger partial charge is 0.465 e. The summed E-state index contributed by atoms with van der Waals surface area (Å²) >= 11 is 0. The molecule has 0 spiro atoms. The van der Waals surface area contributed by atoms with Crippen molar-refractivity contribution < 1.29 is 14.3 Å². The quantitative estimate of drug-likeness (QED) is 0.771. The van der Waals surface area contributed by atoms with Crippen LogP contribution in [0.2, 0.25) is 0 Å². The summed E-state index contributed by atoms with van der Waals surface area (Å²) in [5, 5.41) is 2.51. The minimum absolute atomic E-state index is 0.154. The molecule has 0 bridgehead atoms. The van der Waals surface area contributed by atoms with E-state index in [9.17, 15) is 9.59 Å². The molecule has 0 fully saturated rings. The van der Waals surface area contributed by atoms with Crippen LogP contribution < -0.4 is 10.2 Å². The molecule has 1 aromatic rings. The van der Waals surface area contributed by atoms with Crippen LogP contribution in [-0.4, -0.2) is 43.6 Å². The van der Waals surface area contributed by atoms with Gasteiger partial charge in [-0.2, -0.15) is 0 Å². The molecular weight excluding hydrogens is 246 g/mol. The Labute approximate surface area is 112 Å². The van der Waals surface area contributed by atoms with Crippen LogP contribution in [-0.2, 0) is 9.53 Å². The van der Waals surface area contributed by atoms with Gasteiger partial charge >= 0.3 is 5.97 Å². The Hall–Kier alpha value is -2.11. The van der Waals surface area contributed by atoms with E-state index < -0.39 is 0 Å². The Bertz CT molecular complexity index is 449. The van der Waals surface area contributed by atoms with Crippen molar-refractivity contribution in [3.8, 4) is 0 Å². The van der Waals surface area contributed by atoms with E-state index in [1.54, 1.807) is 32.3 Å². The first-order valence-electron chi connectivity index (χ1n) is 6.21. The number of anilines is 1. The van der Waals surface area contributed by atoms with E-state index in [0.29, 0.717) is 18.8 Å². The van der Waals surface area contributed by atoms with Gasteiger partial charge in [-0.05, 0) is 26.0 Å². The molecule has 0 saturated carbocycles. The van der Waals surface area contributed by atoms with Crippen molar-refractivity contribution >= 4 is 17.6 Å². The van der Waals surface area contributed by atoms with Crippen LogP contribution in [0.3, 0.4) is 0 Å². The zero-order valence-corrected chi connectivity index (χ0v) is 11.5. The highest BCUT2D eigenvalue weighted by molar-refractivity contribution is 5.93. The first-order valence-corrected chi connectivity index (χ1v) is 6.21. The maximum atomic E-state index is 11.5. The SMILES string of the molecule is CCOC(=O)CN(CC)c1ccnc(C(=O)NC)c1. The standard InChI is InChI=1S/C13H19N3O3/c1-4-16(9-12(17)19-5-2)10-6-7-15-11(8-10)13(18)14-3/h6-8H,4-5,9H2,1-3H3,(H,14,18). The summed E-state index contributed by atoms with van der Waals surface area (Å²) in [5.41, 5.74) is 1.09. The molecule has 0 unspecified atom stereocenters. The average molecular weight is 265 g/mol. The van der Waals surface area contributed by atoms with Crippen molar-refractivity contribution in [2.45, 2.75) is 13.8 Å². The predicted molar refractivity (Wildman–Crippen MR) is 72.1 cm³/mol. The number of rotatable bonds is 6. The molecular formula is C13H19N3O3. The van der Waals surface area contributed by atoms with Crippen molar-refractivity contribution in [1.82, 2.24) is 10.3 Å². The number of pyridine rings is 1. The first-order chi connectivity index (χ1) is 9.12. The van der Waals surface area contributed by atoms with Gasteiger partial charge in [0.05, 0.1) is 6.61 Å². The third kappa shape index (κ3) is 4.24. The van der Waals surface area contributed by atoms with Crippen LogP contribution in [0.4, 0.5) is 5.69 Å². The Morgan fingerprint density at radius 3 is 2.74 bits per heavy atom. The number of nitrogens with zero attached hydrogens (tertiary/aromatic N) is 2. The summed E-state index contributed by atoms with van der Waals surface area (Å²) in [6.07, 6.45) is 1.55. The number of aromatic nitrogens is 1. The molecule has 0 radical (unpaired) electrons. The van der Waals surface area contributed by atoms with Gasteiger partial charge in [0.15, 0.2) is 0 Å². The van der Waals surface area contributed by atoms with Crippen molar-refractivity contribution in [3.63, 3.8) is 0 Å². The van der Waals surface area contributed by atoms with Crippen molar-refractivity contribution in [3.05, 3.63) is 24.0 Å². The highest BCUT2D eigenvalue weighted by Crippen LogP contribution is 2.14. The van der Waals surface area contributed by atoms with Gasteiger partial charge in [-0.15, -0.1) is 0 Å². The van der Waals surface area contributed by atoms with Gasteiger partial charge in [0.1, 0.15) is 12.2 Å². The number of carbonyl (C=O) groups is 2. The number of esters is 1. The van der Waals surface area contributed by atoms with E-state index >= 15 is 0 Å². The normalized spacial score (nSPS) is 9.84. The summed E-state index contributed by atoms with van der Waals surface area (Å²) < 4.78 is 4.92. The lowest BCUT2D eigenvalue weighted by Crippen LogP contribution is -2.31. The van der Waals surface area contributed by atoms with Crippen molar-refractivity contribution in [2.75, 3.05) is 31.6 Å². The van der Waals surface area contributed by atoms with Crippen LogP contribution in [0, 0.1) is 0 Å². The monoisotopic (exact) mass is 265 g/mol. The average Bonchev–Trinajstić information content (AvgIpc) is 2.44. The van der Waals surface area contributed by atoms with E-state index in [1.807, 2.05) is 11.8 Å². The van der Waals surface area contributed by atoms with Gasteiger partial charge in [0.2, 0.25) is 0 Å². The Kier molecular flexibility index (Phi) is 5.78. The van der Waals surface area contributed by atoms with E-state index in [0.717, 1.165) is 5.69 Å². The van der Waals surface area contributed by atoms with Crippen LogP contribution in [0.1, 0.15) is 24.3 Å². The maximum absolute atomic E-state index is 11.5. The van der Waals surface area contributed by atoms with Gasteiger partial charge < -0.3 is 15.0 Å². The number of nitrogens with one attached hydrogen (secondary N) is 1. The Balaban J connectivity index is 2.86. The molecule has 0 aliphatic carbocycles. The van der Waals surface area contributed by atoms with Crippen molar-refractivity contribution in [1.29, 1.82) is 0 Å². The molecule has 0 saturated heterocycles. The summed E-state index contributed by atoms with van der Waals surface area (Å²) in [6, 6.07) is 3.41. The zero-order valence-electron chi connectivity index (χ0n) is 11.5. The highest BCUT2D eigenvalue weighted by Gasteiger charge is 2.13. The van der Waals surface area contributed by atoms with Gasteiger partial charge in [0, 0.05) is 25.5 Å². The fourth-order valence-electron chi connectivity index (χ4n) is 1.62. The Morgan fingerprint density at radius 2 is 2.16 bits per heavy atom. The van der Waals surface area contributed by atoms with Crippen LogP contribution in [0.5, 0.6) is 0 Å². The van der Waals surface area contributed by atoms with Crippen LogP contribution in [0.25, 0.3) is 0 Å². The molecule has 0 atom stereocenters. The molecule has 19 heavy (non-hydrogen) atoms. The van der Waals surface area contributed by atoms with Gasteiger partial charge in [-0.25, -0.2) is 0 Å².